The lowest BCUT2D eigenvalue weighted by molar-refractivity contribution is -0.139. The zero-order chi connectivity index (χ0) is 18.4. The van der Waals surface area contributed by atoms with Crippen LogP contribution in [0.5, 0.6) is 0 Å². The van der Waals surface area contributed by atoms with Crippen molar-refractivity contribution in [3.63, 3.8) is 0 Å². The van der Waals surface area contributed by atoms with Crippen LogP contribution >= 0.6 is 0 Å². The minimum atomic E-state index is -1.43. The van der Waals surface area contributed by atoms with E-state index in [-0.39, 0.29) is 12.2 Å². The molecule has 2 atom stereocenters. The summed E-state index contributed by atoms with van der Waals surface area (Å²) in [6.45, 7) is 0. The van der Waals surface area contributed by atoms with Crippen LogP contribution in [0.25, 0.3) is 0 Å². The summed E-state index contributed by atoms with van der Waals surface area (Å²) in [6, 6.07) is 9.51. The molecule has 0 bridgehead atoms. The zero-order valence-corrected chi connectivity index (χ0v) is 13.8. The average Bonchev–Trinajstić information content (AvgIpc) is 2.58. The molecule has 2 aromatic rings. The quantitative estimate of drug-likeness (QED) is 0.787. The fourth-order valence-electron chi connectivity index (χ4n) is 2.08. The molecule has 132 valence electrons. The molecule has 0 aliphatic rings. The molecule has 2 N–H and O–H groups in total. The number of aliphatic carboxylic acids is 1. The highest BCUT2D eigenvalue weighted by molar-refractivity contribution is 7.85. The van der Waals surface area contributed by atoms with Gasteiger partial charge in [-0.15, -0.1) is 0 Å². The first-order valence-electron chi connectivity index (χ1n) is 7.30. The molecule has 0 unspecified atom stereocenters. The van der Waals surface area contributed by atoms with Gasteiger partial charge >= 0.3 is 5.97 Å². The van der Waals surface area contributed by atoms with E-state index in [1.807, 2.05) is 0 Å². The highest BCUT2D eigenvalue weighted by Gasteiger charge is 2.23. The number of carboxylic acids is 1. The SMILES string of the molecule is O=C(N[C@@H](CC[S@@](=O)c1ccccc1)C(=O)O)c1ccc(F)cc1F. The van der Waals surface area contributed by atoms with Crippen LogP contribution in [0.1, 0.15) is 16.8 Å². The Kier molecular flexibility index (Phi) is 6.35. The highest BCUT2D eigenvalue weighted by atomic mass is 32.2. The van der Waals surface area contributed by atoms with Crippen LogP contribution in [0.15, 0.2) is 53.4 Å². The summed E-state index contributed by atoms with van der Waals surface area (Å²) in [5.74, 6) is -4.24. The van der Waals surface area contributed by atoms with Gasteiger partial charge in [0.1, 0.15) is 17.7 Å². The Labute approximate surface area is 145 Å². The van der Waals surface area contributed by atoms with Crippen molar-refractivity contribution >= 4 is 22.7 Å². The van der Waals surface area contributed by atoms with Gasteiger partial charge in [0, 0.05) is 16.7 Å². The molecule has 0 aliphatic heterocycles. The molecule has 0 saturated carbocycles. The van der Waals surface area contributed by atoms with Crippen molar-refractivity contribution in [2.75, 3.05) is 5.75 Å². The number of hydrogen-bond donors (Lipinski definition) is 2. The number of halogens is 2. The first kappa shape index (κ1) is 18.7. The van der Waals surface area contributed by atoms with E-state index in [2.05, 4.69) is 5.32 Å². The maximum absolute atomic E-state index is 13.6. The topological polar surface area (TPSA) is 83.5 Å². The maximum Gasteiger partial charge on any atom is 0.326 e. The second kappa shape index (κ2) is 8.48. The zero-order valence-electron chi connectivity index (χ0n) is 12.9. The van der Waals surface area contributed by atoms with E-state index in [1.54, 1.807) is 30.3 Å². The number of hydrogen-bond acceptors (Lipinski definition) is 3. The Morgan fingerprint density at radius 2 is 1.80 bits per heavy atom. The van der Waals surface area contributed by atoms with Crippen molar-refractivity contribution in [2.45, 2.75) is 17.4 Å². The van der Waals surface area contributed by atoms with Gasteiger partial charge in [-0.1, -0.05) is 18.2 Å². The van der Waals surface area contributed by atoms with E-state index in [4.69, 9.17) is 0 Å². The van der Waals surface area contributed by atoms with Crippen LogP contribution in [-0.2, 0) is 15.6 Å². The molecule has 2 rings (SSSR count). The molecule has 0 radical (unpaired) electrons. The summed E-state index contributed by atoms with van der Waals surface area (Å²) in [5, 5.41) is 11.4. The lowest BCUT2D eigenvalue weighted by Crippen LogP contribution is -2.42. The number of carboxylic acid groups (broad SMARTS) is 1. The van der Waals surface area contributed by atoms with E-state index in [0.29, 0.717) is 11.0 Å². The predicted octanol–water partition coefficient (Wildman–Crippen LogP) is 2.35. The maximum atomic E-state index is 13.6. The molecule has 0 heterocycles. The number of amides is 1. The second-order valence-electron chi connectivity index (χ2n) is 5.14. The monoisotopic (exact) mass is 367 g/mol. The highest BCUT2D eigenvalue weighted by Crippen LogP contribution is 2.11. The Balaban J connectivity index is 2.02. The molecular formula is C17H15F2NO4S. The molecular weight excluding hydrogens is 352 g/mol. The van der Waals surface area contributed by atoms with Gasteiger partial charge in [-0.25, -0.2) is 13.6 Å². The van der Waals surface area contributed by atoms with E-state index in [9.17, 15) is 27.7 Å². The first-order valence-corrected chi connectivity index (χ1v) is 8.62. The summed E-state index contributed by atoms with van der Waals surface area (Å²) < 4.78 is 38.6. The van der Waals surface area contributed by atoms with Gasteiger partial charge in [-0.2, -0.15) is 0 Å². The van der Waals surface area contributed by atoms with Crippen LogP contribution in [0, 0.1) is 11.6 Å². The van der Waals surface area contributed by atoms with Crippen molar-refractivity contribution in [1.29, 1.82) is 0 Å². The Morgan fingerprint density at radius 3 is 2.40 bits per heavy atom. The van der Waals surface area contributed by atoms with E-state index >= 15 is 0 Å². The van der Waals surface area contributed by atoms with Gasteiger partial charge in [-0.05, 0) is 30.7 Å². The minimum Gasteiger partial charge on any atom is -0.480 e. The normalized spacial score (nSPS) is 13.0. The van der Waals surface area contributed by atoms with Crippen LogP contribution in [-0.4, -0.2) is 33.0 Å². The molecule has 0 saturated heterocycles. The van der Waals surface area contributed by atoms with Crippen molar-refractivity contribution in [3.8, 4) is 0 Å². The molecule has 25 heavy (non-hydrogen) atoms. The second-order valence-corrected chi connectivity index (χ2v) is 6.71. The summed E-state index contributed by atoms with van der Waals surface area (Å²) in [5.41, 5.74) is -0.461. The van der Waals surface area contributed by atoms with E-state index < -0.39 is 45.9 Å². The first-order chi connectivity index (χ1) is 11.9. The van der Waals surface area contributed by atoms with Crippen molar-refractivity contribution in [1.82, 2.24) is 5.32 Å². The molecule has 0 aliphatic carbocycles. The van der Waals surface area contributed by atoms with Crippen LogP contribution in [0.2, 0.25) is 0 Å². The van der Waals surface area contributed by atoms with Gasteiger partial charge in [-0.3, -0.25) is 9.00 Å². The van der Waals surface area contributed by atoms with Gasteiger partial charge < -0.3 is 10.4 Å². The number of nitrogens with one attached hydrogen (secondary N) is 1. The summed E-state index contributed by atoms with van der Waals surface area (Å²) in [4.78, 5) is 23.8. The Bertz CT molecular complexity index is 798. The Morgan fingerprint density at radius 1 is 1.12 bits per heavy atom. The summed E-state index contributed by atoms with van der Waals surface area (Å²) >= 11 is 0. The number of carbonyl (C=O) groups is 2. The predicted molar refractivity (Wildman–Crippen MR) is 87.6 cm³/mol. The lowest BCUT2D eigenvalue weighted by Gasteiger charge is -2.14. The van der Waals surface area contributed by atoms with Crippen molar-refractivity contribution in [2.24, 2.45) is 0 Å². The molecule has 5 nitrogen and oxygen atoms in total. The number of benzene rings is 2. The fraction of sp³-hybridized carbons (Fsp3) is 0.176. The average molecular weight is 367 g/mol. The largest absolute Gasteiger partial charge is 0.480 e. The number of carbonyl (C=O) groups excluding carboxylic acids is 1. The fourth-order valence-corrected chi connectivity index (χ4v) is 3.23. The molecule has 1 amide bonds. The summed E-state index contributed by atoms with van der Waals surface area (Å²) in [6.07, 6.45) is -0.106. The molecule has 0 aromatic heterocycles. The van der Waals surface area contributed by atoms with Gasteiger partial charge in [0.25, 0.3) is 5.91 Å². The molecule has 8 heteroatoms. The lowest BCUT2D eigenvalue weighted by atomic mass is 10.1. The van der Waals surface area contributed by atoms with Crippen LogP contribution < -0.4 is 5.32 Å². The smallest absolute Gasteiger partial charge is 0.326 e. The van der Waals surface area contributed by atoms with E-state index in [0.717, 1.165) is 12.1 Å². The van der Waals surface area contributed by atoms with Crippen LogP contribution in [0.4, 0.5) is 8.78 Å². The van der Waals surface area contributed by atoms with Crippen molar-refractivity contribution in [3.05, 3.63) is 65.7 Å². The minimum absolute atomic E-state index is 0.00710. The number of rotatable bonds is 7. The van der Waals surface area contributed by atoms with Crippen molar-refractivity contribution < 1.29 is 27.7 Å². The summed E-state index contributed by atoms with van der Waals surface area (Å²) in [7, 11) is -1.43. The third-order valence-corrected chi connectivity index (χ3v) is 4.78. The Hall–Kier alpha value is -2.61. The van der Waals surface area contributed by atoms with Gasteiger partial charge in [0.15, 0.2) is 0 Å². The standard InChI is InChI=1S/C17H15F2NO4S/c18-11-6-7-13(14(19)10-11)16(21)20-15(17(22)23)8-9-25(24)12-4-2-1-3-5-12/h1-7,10,15H,8-9H2,(H,20,21)(H,22,23)/t15-,25+/m0/s1. The van der Waals surface area contributed by atoms with E-state index in [1.165, 1.54) is 0 Å². The van der Waals surface area contributed by atoms with Gasteiger partial charge in [0.05, 0.1) is 16.4 Å². The molecule has 0 fully saturated rings. The van der Waals surface area contributed by atoms with Gasteiger partial charge in [0.2, 0.25) is 0 Å². The molecule has 0 spiro atoms. The van der Waals surface area contributed by atoms with Crippen LogP contribution in [0.3, 0.4) is 0 Å². The third kappa shape index (κ3) is 5.18. The molecule has 2 aromatic carbocycles. The third-order valence-electron chi connectivity index (χ3n) is 3.38.